The van der Waals surface area contributed by atoms with Crippen molar-refractivity contribution in [3.05, 3.63) is 66.7 Å². The number of rotatable bonds is 12. The van der Waals surface area contributed by atoms with E-state index in [-0.39, 0.29) is 0 Å². The van der Waals surface area contributed by atoms with Crippen molar-refractivity contribution in [1.82, 2.24) is 0 Å². The number of ether oxygens (including phenoxy) is 3. The van der Waals surface area contributed by atoms with Gasteiger partial charge in [-0.15, -0.1) is 6.58 Å². The molecule has 0 bridgehead atoms. The van der Waals surface area contributed by atoms with Gasteiger partial charge in [0, 0.05) is 0 Å². The van der Waals surface area contributed by atoms with Crippen molar-refractivity contribution >= 4 is 5.97 Å². The highest BCUT2D eigenvalue weighted by Gasteiger charge is 2.09. The predicted molar refractivity (Wildman–Crippen MR) is 112 cm³/mol. The van der Waals surface area contributed by atoms with E-state index in [1.54, 1.807) is 36.4 Å². The molecule has 2 aromatic carbocycles. The van der Waals surface area contributed by atoms with Gasteiger partial charge in [0.25, 0.3) is 0 Å². The van der Waals surface area contributed by atoms with E-state index in [0.717, 1.165) is 37.2 Å². The van der Waals surface area contributed by atoms with Gasteiger partial charge >= 0.3 is 5.97 Å². The summed E-state index contributed by atoms with van der Waals surface area (Å²) in [5.41, 5.74) is 0.483. The lowest BCUT2D eigenvalue weighted by Crippen LogP contribution is -2.09. The van der Waals surface area contributed by atoms with Crippen molar-refractivity contribution in [1.29, 1.82) is 0 Å². The standard InChI is InChI=1S/C24H30O4/c1-4-6-7-8-17-26-21-11-9-20(10-12-21)24(25)28-23-15-13-22(14-16-23)27-18-19(3)5-2/h4,9-16,19H,1,5-8,17-18H2,2-3H3/t19-/m0/s1. The summed E-state index contributed by atoms with van der Waals surface area (Å²) < 4.78 is 16.8. The second-order valence-corrected chi connectivity index (χ2v) is 6.84. The van der Waals surface area contributed by atoms with Gasteiger partial charge in [0.15, 0.2) is 0 Å². The highest BCUT2D eigenvalue weighted by atomic mass is 16.5. The minimum atomic E-state index is -0.397. The molecule has 0 saturated carbocycles. The van der Waals surface area contributed by atoms with Crippen LogP contribution in [-0.2, 0) is 0 Å². The average Bonchev–Trinajstić information content (AvgIpc) is 2.73. The topological polar surface area (TPSA) is 44.8 Å². The third-order valence-electron chi connectivity index (χ3n) is 4.43. The van der Waals surface area contributed by atoms with Gasteiger partial charge in [-0.2, -0.15) is 0 Å². The minimum absolute atomic E-state index is 0.397. The van der Waals surface area contributed by atoms with Gasteiger partial charge in [-0.05, 0) is 73.7 Å². The number of unbranched alkanes of at least 4 members (excludes halogenated alkanes) is 2. The lowest BCUT2D eigenvalue weighted by atomic mass is 10.1. The number of benzene rings is 2. The van der Waals surface area contributed by atoms with Crippen molar-refractivity contribution in [2.75, 3.05) is 13.2 Å². The van der Waals surface area contributed by atoms with E-state index in [1.165, 1.54) is 0 Å². The van der Waals surface area contributed by atoms with Crippen LogP contribution in [-0.4, -0.2) is 19.2 Å². The van der Waals surface area contributed by atoms with Crippen LogP contribution in [0, 0.1) is 5.92 Å². The third-order valence-corrected chi connectivity index (χ3v) is 4.43. The molecule has 0 radical (unpaired) electrons. The van der Waals surface area contributed by atoms with Crippen molar-refractivity contribution in [3.8, 4) is 17.2 Å². The Morgan fingerprint density at radius 2 is 1.57 bits per heavy atom. The molecule has 150 valence electrons. The van der Waals surface area contributed by atoms with E-state index < -0.39 is 5.97 Å². The molecule has 4 nitrogen and oxygen atoms in total. The number of esters is 1. The molecule has 0 aromatic heterocycles. The first-order valence-electron chi connectivity index (χ1n) is 9.91. The SMILES string of the molecule is C=CCCCCOc1ccc(C(=O)Oc2ccc(OC[C@@H](C)CC)cc2)cc1. The minimum Gasteiger partial charge on any atom is -0.494 e. The Morgan fingerprint density at radius 3 is 2.21 bits per heavy atom. The smallest absolute Gasteiger partial charge is 0.343 e. The zero-order chi connectivity index (χ0) is 20.2. The summed E-state index contributed by atoms with van der Waals surface area (Å²) in [5, 5.41) is 0. The van der Waals surface area contributed by atoms with Crippen molar-refractivity contribution in [2.24, 2.45) is 5.92 Å². The van der Waals surface area contributed by atoms with Crippen LogP contribution in [0.15, 0.2) is 61.2 Å². The van der Waals surface area contributed by atoms with Gasteiger partial charge in [0.1, 0.15) is 17.2 Å². The zero-order valence-corrected chi connectivity index (χ0v) is 16.9. The summed E-state index contributed by atoms with van der Waals surface area (Å²) in [7, 11) is 0. The maximum Gasteiger partial charge on any atom is 0.343 e. The molecule has 0 spiro atoms. The van der Waals surface area contributed by atoms with Crippen LogP contribution in [0.1, 0.15) is 49.9 Å². The maximum atomic E-state index is 12.3. The van der Waals surface area contributed by atoms with E-state index in [9.17, 15) is 4.79 Å². The van der Waals surface area contributed by atoms with Crippen LogP contribution in [0.4, 0.5) is 0 Å². The molecule has 4 heteroatoms. The zero-order valence-electron chi connectivity index (χ0n) is 16.9. The highest BCUT2D eigenvalue weighted by Crippen LogP contribution is 2.20. The first-order chi connectivity index (χ1) is 13.6. The van der Waals surface area contributed by atoms with Gasteiger partial charge in [-0.1, -0.05) is 26.3 Å². The normalized spacial score (nSPS) is 11.5. The fourth-order valence-corrected chi connectivity index (χ4v) is 2.39. The quantitative estimate of drug-likeness (QED) is 0.193. The number of hydrogen-bond donors (Lipinski definition) is 0. The van der Waals surface area contributed by atoms with Crippen LogP contribution < -0.4 is 14.2 Å². The second kappa shape index (κ2) is 11.9. The van der Waals surface area contributed by atoms with Crippen LogP contribution in [0.5, 0.6) is 17.2 Å². The number of allylic oxidation sites excluding steroid dienone is 1. The van der Waals surface area contributed by atoms with Gasteiger partial charge in [-0.25, -0.2) is 4.79 Å². The summed E-state index contributed by atoms with van der Waals surface area (Å²) in [5.74, 6) is 2.12. The van der Waals surface area contributed by atoms with Crippen molar-refractivity contribution in [3.63, 3.8) is 0 Å². The Kier molecular flexibility index (Phi) is 9.13. The van der Waals surface area contributed by atoms with E-state index >= 15 is 0 Å². The molecular weight excluding hydrogens is 352 g/mol. The monoisotopic (exact) mass is 382 g/mol. The molecule has 0 aliphatic heterocycles. The van der Waals surface area contributed by atoms with Gasteiger partial charge in [0.05, 0.1) is 18.8 Å². The van der Waals surface area contributed by atoms with Crippen molar-refractivity contribution < 1.29 is 19.0 Å². The molecule has 28 heavy (non-hydrogen) atoms. The van der Waals surface area contributed by atoms with Gasteiger partial charge < -0.3 is 14.2 Å². The largest absolute Gasteiger partial charge is 0.494 e. The van der Waals surface area contributed by atoms with E-state index in [1.807, 2.05) is 18.2 Å². The summed E-state index contributed by atoms with van der Waals surface area (Å²) in [6, 6.07) is 14.1. The summed E-state index contributed by atoms with van der Waals surface area (Å²) >= 11 is 0. The molecule has 0 saturated heterocycles. The Balaban J connectivity index is 1.81. The fraction of sp³-hybridized carbons (Fsp3) is 0.375. The maximum absolute atomic E-state index is 12.3. The third kappa shape index (κ3) is 7.47. The molecule has 2 aromatic rings. The average molecular weight is 383 g/mol. The summed E-state index contributed by atoms with van der Waals surface area (Å²) in [6.45, 7) is 9.33. The molecule has 0 aliphatic rings. The molecule has 0 N–H and O–H groups in total. The fourth-order valence-electron chi connectivity index (χ4n) is 2.39. The first kappa shape index (κ1) is 21.5. The molecular formula is C24H30O4. The van der Waals surface area contributed by atoms with E-state index in [2.05, 4.69) is 20.4 Å². The molecule has 0 aliphatic carbocycles. The van der Waals surface area contributed by atoms with Crippen LogP contribution >= 0.6 is 0 Å². The van der Waals surface area contributed by atoms with Crippen LogP contribution in [0.2, 0.25) is 0 Å². The summed E-state index contributed by atoms with van der Waals surface area (Å²) in [6.07, 6.45) is 6.03. The predicted octanol–water partition coefficient (Wildman–Crippen LogP) is 6.07. The van der Waals surface area contributed by atoms with Crippen LogP contribution in [0.25, 0.3) is 0 Å². The van der Waals surface area contributed by atoms with E-state index in [0.29, 0.717) is 30.4 Å². The second-order valence-electron chi connectivity index (χ2n) is 6.84. The Hall–Kier alpha value is -2.75. The Morgan fingerprint density at radius 1 is 0.964 bits per heavy atom. The van der Waals surface area contributed by atoms with Crippen molar-refractivity contribution in [2.45, 2.75) is 39.5 Å². The number of carbonyl (C=O) groups is 1. The highest BCUT2D eigenvalue weighted by molar-refractivity contribution is 5.91. The lowest BCUT2D eigenvalue weighted by Gasteiger charge is -2.11. The molecule has 0 amide bonds. The first-order valence-corrected chi connectivity index (χ1v) is 9.91. The number of hydrogen-bond acceptors (Lipinski definition) is 4. The van der Waals surface area contributed by atoms with Gasteiger partial charge in [0.2, 0.25) is 0 Å². The molecule has 0 heterocycles. The molecule has 0 fully saturated rings. The lowest BCUT2D eigenvalue weighted by molar-refractivity contribution is 0.0734. The van der Waals surface area contributed by atoms with Gasteiger partial charge in [-0.3, -0.25) is 0 Å². The summed E-state index contributed by atoms with van der Waals surface area (Å²) in [4.78, 5) is 12.3. The Labute approximate surface area is 168 Å². The van der Waals surface area contributed by atoms with Crippen LogP contribution in [0.3, 0.4) is 0 Å². The molecule has 1 atom stereocenters. The Bertz CT molecular complexity index is 719. The molecule has 2 rings (SSSR count). The molecule has 0 unspecified atom stereocenters. The number of carbonyl (C=O) groups excluding carboxylic acids is 1. The van der Waals surface area contributed by atoms with E-state index in [4.69, 9.17) is 14.2 Å².